The summed E-state index contributed by atoms with van der Waals surface area (Å²) in [5.41, 5.74) is 7.06. The van der Waals surface area contributed by atoms with Gasteiger partial charge in [-0.05, 0) is 30.2 Å². The number of carbonyl (C=O) groups is 2. The fourth-order valence-corrected chi connectivity index (χ4v) is 1.54. The minimum absolute atomic E-state index is 0.121. The van der Waals surface area contributed by atoms with Crippen molar-refractivity contribution in [3.8, 4) is 0 Å². The lowest BCUT2D eigenvalue weighted by atomic mass is 9.99. The number of nitrogens with one attached hydrogen (secondary N) is 2. The van der Waals surface area contributed by atoms with Crippen LogP contribution in [0, 0.1) is 5.92 Å². The summed E-state index contributed by atoms with van der Waals surface area (Å²) in [6.45, 7) is 3.93. The Bertz CT molecular complexity index is 459. The van der Waals surface area contributed by atoms with E-state index in [1.54, 1.807) is 24.3 Å². The Morgan fingerprint density at radius 3 is 2.15 bits per heavy atom. The van der Waals surface area contributed by atoms with Gasteiger partial charge in [0.2, 0.25) is 5.91 Å². The first-order chi connectivity index (χ1) is 9.47. The van der Waals surface area contributed by atoms with Gasteiger partial charge < -0.3 is 15.8 Å². The molecule has 6 nitrogen and oxygen atoms in total. The van der Waals surface area contributed by atoms with E-state index in [2.05, 4.69) is 15.4 Å². The zero-order valence-electron chi connectivity index (χ0n) is 12.0. The van der Waals surface area contributed by atoms with Crippen LogP contribution in [0.1, 0.15) is 20.3 Å². The molecule has 6 heteroatoms. The molecule has 0 spiro atoms. The summed E-state index contributed by atoms with van der Waals surface area (Å²) in [6.07, 6.45) is 0.303. The van der Waals surface area contributed by atoms with E-state index in [0.29, 0.717) is 11.4 Å². The second-order valence-electron chi connectivity index (χ2n) is 4.59. The zero-order valence-corrected chi connectivity index (χ0v) is 12.0. The minimum Gasteiger partial charge on any atom is -0.453 e. The molecule has 0 saturated heterocycles. The van der Waals surface area contributed by atoms with Crippen molar-refractivity contribution in [2.75, 3.05) is 17.7 Å². The standard InChI is InChI=1S/C14H21N3O3/c1-4-9(2)12(15)13(18)16-10-5-7-11(8-6-10)17-14(19)20-3/h5-9,12H,4,15H2,1-3H3,(H,16,18)(H,17,19). The van der Waals surface area contributed by atoms with E-state index in [1.165, 1.54) is 7.11 Å². The van der Waals surface area contributed by atoms with Gasteiger partial charge in [-0.15, -0.1) is 0 Å². The molecule has 20 heavy (non-hydrogen) atoms. The number of methoxy groups -OCH3 is 1. The maximum Gasteiger partial charge on any atom is 0.411 e. The van der Waals surface area contributed by atoms with Crippen LogP contribution in [0.25, 0.3) is 0 Å². The predicted molar refractivity (Wildman–Crippen MR) is 78.5 cm³/mol. The number of hydrogen-bond acceptors (Lipinski definition) is 4. The Hall–Kier alpha value is -2.08. The van der Waals surface area contributed by atoms with Gasteiger partial charge in [-0.25, -0.2) is 4.79 Å². The van der Waals surface area contributed by atoms with Crippen molar-refractivity contribution < 1.29 is 14.3 Å². The van der Waals surface area contributed by atoms with E-state index < -0.39 is 12.1 Å². The highest BCUT2D eigenvalue weighted by Gasteiger charge is 2.19. The molecular weight excluding hydrogens is 258 g/mol. The van der Waals surface area contributed by atoms with Crippen molar-refractivity contribution in [2.45, 2.75) is 26.3 Å². The van der Waals surface area contributed by atoms with E-state index in [0.717, 1.165) is 6.42 Å². The number of anilines is 2. The van der Waals surface area contributed by atoms with Gasteiger partial charge in [0, 0.05) is 11.4 Å². The molecule has 0 aliphatic carbocycles. The molecule has 4 N–H and O–H groups in total. The van der Waals surface area contributed by atoms with Crippen LogP contribution in [0.4, 0.5) is 16.2 Å². The van der Waals surface area contributed by atoms with Crippen molar-refractivity contribution in [1.82, 2.24) is 0 Å². The van der Waals surface area contributed by atoms with E-state index >= 15 is 0 Å². The van der Waals surface area contributed by atoms with E-state index in [1.807, 2.05) is 13.8 Å². The molecule has 0 aromatic heterocycles. The highest BCUT2D eigenvalue weighted by molar-refractivity contribution is 5.95. The van der Waals surface area contributed by atoms with Crippen molar-refractivity contribution in [2.24, 2.45) is 11.7 Å². The minimum atomic E-state index is -0.541. The van der Waals surface area contributed by atoms with E-state index in [4.69, 9.17) is 5.73 Å². The normalized spacial score (nSPS) is 13.2. The molecule has 0 aliphatic rings. The molecule has 0 aliphatic heterocycles. The molecule has 0 saturated carbocycles. The number of carbonyl (C=O) groups excluding carboxylic acids is 2. The Morgan fingerprint density at radius 1 is 1.20 bits per heavy atom. The molecule has 0 heterocycles. The first-order valence-electron chi connectivity index (χ1n) is 6.49. The summed E-state index contributed by atoms with van der Waals surface area (Å²) in [5, 5.41) is 5.27. The number of hydrogen-bond donors (Lipinski definition) is 3. The molecule has 1 aromatic carbocycles. The molecule has 0 radical (unpaired) electrons. The summed E-state index contributed by atoms with van der Waals surface area (Å²) in [7, 11) is 1.29. The third-order valence-corrected chi connectivity index (χ3v) is 3.14. The second-order valence-corrected chi connectivity index (χ2v) is 4.59. The lowest BCUT2D eigenvalue weighted by molar-refractivity contribution is -0.118. The molecule has 0 fully saturated rings. The third-order valence-electron chi connectivity index (χ3n) is 3.14. The first kappa shape index (κ1) is 16.0. The lowest BCUT2D eigenvalue weighted by Gasteiger charge is -2.17. The van der Waals surface area contributed by atoms with Crippen molar-refractivity contribution in [1.29, 1.82) is 0 Å². The van der Waals surface area contributed by atoms with Crippen LogP contribution in [0.15, 0.2) is 24.3 Å². The van der Waals surface area contributed by atoms with Gasteiger partial charge in [0.05, 0.1) is 13.2 Å². The highest BCUT2D eigenvalue weighted by atomic mass is 16.5. The lowest BCUT2D eigenvalue weighted by Crippen LogP contribution is -2.40. The van der Waals surface area contributed by atoms with Crippen LogP contribution in [0.3, 0.4) is 0 Å². The SMILES string of the molecule is CCC(C)C(N)C(=O)Nc1ccc(NC(=O)OC)cc1. The Balaban J connectivity index is 2.61. The Kier molecular flexibility index (Phi) is 5.99. The number of ether oxygens (including phenoxy) is 1. The number of amides is 2. The maximum atomic E-state index is 11.9. The molecule has 110 valence electrons. The zero-order chi connectivity index (χ0) is 15.1. The van der Waals surface area contributed by atoms with Gasteiger partial charge in [0.25, 0.3) is 0 Å². The summed E-state index contributed by atoms with van der Waals surface area (Å²) in [5.74, 6) is -0.0942. The van der Waals surface area contributed by atoms with E-state index in [-0.39, 0.29) is 11.8 Å². The summed E-state index contributed by atoms with van der Waals surface area (Å²) in [6, 6.07) is 6.18. The van der Waals surface area contributed by atoms with Crippen molar-refractivity contribution >= 4 is 23.4 Å². The summed E-state index contributed by atoms with van der Waals surface area (Å²) in [4.78, 5) is 22.9. The van der Waals surface area contributed by atoms with Gasteiger partial charge in [0.15, 0.2) is 0 Å². The van der Waals surface area contributed by atoms with Crippen LogP contribution in [0.2, 0.25) is 0 Å². The Labute approximate surface area is 118 Å². The number of benzene rings is 1. The smallest absolute Gasteiger partial charge is 0.411 e. The molecule has 2 amide bonds. The molecule has 2 unspecified atom stereocenters. The van der Waals surface area contributed by atoms with Crippen LogP contribution in [-0.2, 0) is 9.53 Å². The number of rotatable bonds is 5. The van der Waals surface area contributed by atoms with Crippen molar-refractivity contribution in [3.05, 3.63) is 24.3 Å². The summed E-state index contributed by atoms with van der Waals surface area (Å²) >= 11 is 0. The highest BCUT2D eigenvalue weighted by Crippen LogP contribution is 2.15. The average molecular weight is 279 g/mol. The van der Waals surface area contributed by atoms with Gasteiger partial charge in [-0.2, -0.15) is 0 Å². The number of nitrogens with two attached hydrogens (primary N) is 1. The Morgan fingerprint density at radius 2 is 1.70 bits per heavy atom. The fraction of sp³-hybridized carbons (Fsp3) is 0.429. The van der Waals surface area contributed by atoms with Crippen molar-refractivity contribution in [3.63, 3.8) is 0 Å². The molecule has 1 aromatic rings. The van der Waals surface area contributed by atoms with Crippen LogP contribution in [0.5, 0.6) is 0 Å². The molecule has 0 bridgehead atoms. The topological polar surface area (TPSA) is 93.5 Å². The molecular formula is C14H21N3O3. The first-order valence-corrected chi connectivity index (χ1v) is 6.49. The summed E-state index contributed by atoms with van der Waals surface area (Å²) < 4.78 is 4.48. The largest absolute Gasteiger partial charge is 0.453 e. The molecule has 1 rings (SSSR count). The van der Waals surface area contributed by atoms with Gasteiger partial charge in [-0.3, -0.25) is 10.1 Å². The van der Waals surface area contributed by atoms with Crippen LogP contribution in [-0.4, -0.2) is 25.2 Å². The predicted octanol–water partition coefficient (Wildman–Crippen LogP) is 2.18. The fourth-order valence-electron chi connectivity index (χ4n) is 1.54. The third kappa shape index (κ3) is 4.55. The van der Waals surface area contributed by atoms with Crippen LogP contribution < -0.4 is 16.4 Å². The van der Waals surface area contributed by atoms with Gasteiger partial charge in [-0.1, -0.05) is 20.3 Å². The second kappa shape index (κ2) is 7.49. The van der Waals surface area contributed by atoms with E-state index in [9.17, 15) is 9.59 Å². The van der Waals surface area contributed by atoms with Crippen LogP contribution >= 0.6 is 0 Å². The van der Waals surface area contributed by atoms with Gasteiger partial charge in [0.1, 0.15) is 0 Å². The average Bonchev–Trinajstić information content (AvgIpc) is 2.47. The molecule has 2 atom stereocenters. The quantitative estimate of drug-likeness (QED) is 0.770. The maximum absolute atomic E-state index is 11.9. The van der Waals surface area contributed by atoms with Gasteiger partial charge >= 0.3 is 6.09 Å². The monoisotopic (exact) mass is 279 g/mol.